The lowest BCUT2D eigenvalue weighted by Crippen LogP contribution is -2.40. The number of hydrogen-bond acceptors (Lipinski definition) is 4. The molecule has 0 aliphatic carbocycles. The molecular formula is C24H33N3O3S. The Bertz CT molecular complexity index is 953. The predicted molar refractivity (Wildman–Crippen MR) is 125 cm³/mol. The maximum Gasteiger partial charge on any atom is 0.235 e. The van der Waals surface area contributed by atoms with Gasteiger partial charge in [-0.1, -0.05) is 49.4 Å². The van der Waals surface area contributed by atoms with E-state index in [2.05, 4.69) is 29.3 Å². The van der Waals surface area contributed by atoms with E-state index in [4.69, 9.17) is 0 Å². The average Bonchev–Trinajstić information content (AvgIpc) is 2.74. The van der Waals surface area contributed by atoms with Crippen molar-refractivity contribution in [2.24, 2.45) is 5.92 Å². The monoisotopic (exact) mass is 443 g/mol. The number of amides is 1. The molecule has 2 aromatic carbocycles. The van der Waals surface area contributed by atoms with Crippen LogP contribution in [0.25, 0.3) is 0 Å². The third-order valence-electron chi connectivity index (χ3n) is 5.91. The van der Waals surface area contributed by atoms with Crippen LogP contribution in [0.1, 0.15) is 43.9 Å². The molecule has 1 N–H and O–H groups in total. The van der Waals surface area contributed by atoms with Crippen molar-refractivity contribution in [3.63, 3.8) is 0 Å². The van der Waals surface area contributed by atoms with E-state index in [-0.39, 0.29) is 25.0 Å². The number of piperidine rings is 1. The first kappa shape index (κ1) is 23.3. The van der Waals surface area contributed by atoms with Crippen molar-refractivity contribution in [2.75, 3.05) is 30.8 Å². The smallest absolute Gasteiger partial charge is 0.235 e. The molecule has 31 heavy (non-hydrogen) atoms. The zero-order chi connectivity index (χ0) is 22.4. The molecule has 0 aromatic heterocycles. The van der Waals surface area contributed by atoms with Crippen LogP contribution in [0.4, 0.5) is 5.69 Å². The average molecular weight is 444 g/mol. The van der Waals surface area contributed by atoms with Crippen molar-refractivity contribution in [3.8, 4) is 0 Å². The Morgan fingerprint density at radius 3 is 2.29 bits per heavy atom. The van der Waals surface area contributed by atoms with Crippen molar-refractivity contribution >= 4 is 21.6 Å². The first-order valence-electron chi connectivity index (χ1n) is 10.9. The van der Waals surface area contributed by atoms with Gasteiger partial charge < -0.3 is 10.2 Å². The number of sulfonamides is 1. The number of nitrogens with zero attached hydrogens (tertiary/aromatic N) is 2. The van der Waals surface area contributed by atoms with E-state index in [0.717, 1.165) is 36.4 Å². The summed E-state index contributed by atoms with van der Waals surface area (Å²) in [5.41, 5.74) is 3.05. The fourth-order valence-corrected chi connectivity index (χ4v) is 4.58. The number of benzene rings is 2. The van der Waals surface area contributed by atoms with Gasteiger partial charge in [0.2, 0.25) is 15.9 Å². The number of nitrogens with one attached hydrogen (secondary N) is 1. The first-order chi connectivity index (χ1) is 14.7. The highest BCUT2D eigenvalue weighted by atomic mass is 32.2. The first-order valence-corrected chi connectivity index (χ1v) is 12.7. The molecular weight excluding hydrogens is 410 g/mol. The summed E-state index contributed by atoms with van der Waals surface area (Å²) in [6.45, 7) is 6.34. The summed E-state index contributed by atoms with van der Waals surface area (Å²) < 4.78 is 25.6. The number of carbonyl (C=O) groups excluding carboxylic acids is 1. The molecule has 1 fully saturated rings. The van der Waals surface area contributed by atoms with Gasteiger partial charge in [0.25, 0.3) is 0 Å². The van der Waals surface area contributed by atoms with Gasteiger partial charge in [-0.3, -0.25) is 4.79 Å². The summed E-state index contributed by atoms with van der Waals surface area (Å²) in [4.78, 5) is 15.0. The molecule has 1 saturated heterocycles. The summed E-state index contributed by atoms with van der Waals surface area (Å²) in [7, 11) is -3.51. The highest BCUT2D eigenvalue weighted by Gasteiger charge is 2.22. The van der Waals surface area contributed by atoms with Gasteiger partial charge in [-0.25, -0.2) is 8.42 Å². The van der Waals surface area contributed by atoms with Gasteiger partial charge in [0.15, 0.2) is 0 Å². The van der Waals surface area contributed by atoms with E-state index in [1.54, 1.807) is 0 Å². The van der Waals surface area contributed by atoms with Crippen LogP contribution in [0.5, 0.6) is 0 Å². The molecule has 0 saturated carbocycles. The molecule has 1 heterocycles. The lowest BCUT2D eigenvalue weighted by atomic mass is 9.98. The van der Waals surface area contributed by atoms with Gasteiger partial charge in [0.1, 0.15) is 0 Å². The number of rotatable bonds is 8. The quantitative estimate of drug-likeness (QED) is 0.677. The molecule has 0 spiro atoms. The molecule has 2 aromatic rings. The maximum absolute atomic E-state index is 12.6. The van der Waals surface area contributed by atoms with E-state index in [9.17, 15) is 13.2 Å². The Morgan fingerprint density at radius 2 is 1.71 bits per heavy atom. The number of anilines is 1. The fourth-order valence-electron chi connectivity index (χ4n) is 3.85. The second-order valence-electron chi connectivity index (χ2n) is 8.57. The highest BCUT2D eigenvalue weighted by molar-refractivity contribution is 7.88. The van der Waals surface area contributed by atoms with Crippen LogP contribution in [0.2, 0.25) is 0 Å². The van der Waals surface area contributed by atoms with Gasteiger partial charge in [-0.2, -0.15) is 4.31 Å². The highest BCUT2D eigenvalue weighted by Crippen LogP contribution is 2.24. The molecule has 3 rings (SSSR count). The minimum Gasteiger partial charge on any atom is -0.372 e. The van der Waals surface area contributed by atoms with Crippen LogP contribution in [0.3, 0.4) is 0 Å². The fraction of sp³-hybridized carbons (Fsp3) is 0.458. The summed E-state index contributed by atoms with van der Waals surface area (Å²) in [5, 5.41) is 2.93. The second kappa shape index (κ2) is 10.3. The van der Waals surface area contributed by atoms with E-state index >= 15 is 0 Å². The van der Waals surface area contributed by atoms with Crippen molar-refractivity contribution < 1.29 is 13.2 Å². The molecule has 0 radical (unpaired) electrons. The van der Waals surface area contributed by atoms with E-state index < -0.39 is 10.0 Å². The standard InChI is InChI=1S/C24H33N3O3S/c1-19-13-15-26(16-14-19)23-11-9-22(10-12-23)20(2)25-24(28)18-27(31(3,29)30)17-21-7-5-4-6-8-21/h4-12,19-20H,13-18H2,1-3H3,(H,25,28)/t20-/m0/s1. The maximum atomic E-state index is 12.6. The zero-order valence-electron chi connectivity index (χ0n) is 18.6. The normalized spacial score (nSPS) is 16.3. The van der Waals surface area contributed by atoms with Crippen LogP contribution >= 0.6 is 0 Å². The summed E-state index contributed by atoms with van der Waals surface area (Å²) in [6, 6.07) is 17.4. The lowest BCUT2D eigenvalue weighted by Gasteiger charge is -2.32. The topological polar surface area (TPSA) is 69.7 Å². The summed E-state index contributed by atoms with van der Waals surface area (Å²) in [5.74, 6) is 0.474. The Balaban J connectivity index is 1.58. The zero-order valence-corrected chi connectivity index (χ0v) is 19.4. The summed E-state index contributed by atoms with van der Waals surface area (Å²) in [6.07, 6.45) is 3.56. The molecule has 168 valence electrons. The lowest BCUT2D eigenvalue weighted by molar-refractivity contribution is -0.122. The van der Waals surface area contributed by atoms with E-state index in [1.165, 1.54) is 22.8 Å². The predicted octanol–water partition coefficient (Wildman–Crippen LogP) is 3.56. The van der Waals surface area contributed by atoms with E-state index in [1.807, 2.05) is 49.4 Å². The molecule has 0 unspecified atom stereocenters. The minimum atomic E-state index is -3.51. The van der Waals surface area contributed by atoms with Gasteiger partial charge in [0, 0.05) is 25.3 Å². The van der Waals surface area contributed by atoms with Crippen LogP contribution < -0.4 is 10.2 Å². The molecule has 1 amide bonds. The molecule has 7 heteroatoms. The minimum absolute atomic E-state index is 0.171. The van der Waals surface area contributed by atoms with Crippen molar-refractivity contribution in [2.45, 2.75) is 39.3 Å². The Hall–Kier alpha value is -2.38. The number of hydrogen-bond donors (Lipinski definition) is 1. The van der Waals surface area contributed by atoms with Crippen LogP contribution in [0, 0.1) is 5.92 Å². The Morgan fingerprint density at radius 1 is 1.10 bits per heavy atom. The van der Waals surface area contributed by atoms with Crippen molar-refractivity contribution in [1.82, 2.24) is 9.62 Å². The van der Waals surface area contributed by atoms with Gasteiger partial charge in [-0.15, -0.1) is 0 Å². The molecule has 1 atom stereocenters. The molecule has 1 aliphatic heterocycles. The third kappa shape index (κ3) is 6.80. The third-order valence-corrected chi connectivity index (χ3v) is 7.11. The largest absolute Gasteiger partial charge is 0.372 e. The van der Waals surface area contributed by atoms with E-state index in [0.29, 0.717) is 0 Å². The van der Waals surface area contributed by atoms with Gasteiger partial charge >= 0.3 is 0 Å². The Kier molecular flexibility index (Phi) is 7.73. The Labute approximate surface area is 186 Å². The molecule has 6 nitrogen and oxygen atoms in total. The molecule has 0 bridgehead atoms. The van der Waals surface area contributed by atoms with Crippen molar-refractivity contribution in [3.05, 3.63) is 65.7 Å². The van der Waals surface area contributed by atoms with Crippen molar-refractivity contribution in [1.29, 1.82) is 0 Å². The van der Waals surface area contributed by atoms with Gasteiger partial charge in [0.05, 0.1) is 18.8 Å². The van der Waals surface area contributed by atoms with Crippen LogP contribution in [0.15, 0.2) is 54.6 Å². The second-order valence-corrected chi connectivity index (χ2v) is 10.5. The molecule has 1 aliphatic rings. The number of carbonyl (C=O) groups is 1. The van der Waals surface area contributed by atoms with Crippen LogP contribution in [-0.4, -0.2) is 44.5 Å². The van der Waals surface area contributed by atoms with Gasteiger partial charge in [-0.05, 0) is 48.9 Å². The SMILES string of the molecule is CC1CCN(c2ccc([C@H](C)NC(=O)CN(Cc3ccccc3)S(C)(=O)=O)cc2)CC1. The summed E-state index contributed by atoms with van der Waals surface area (Å²) >= 11 is 0. The van der Waals surface area contributed by atoms with Crippen LogP contribution in [-0.2, 0) is 21.4 Å².